The van der Waals surface area contributed by atoms with Crippen LogP contribution in [0.15, 0.2) is 176 Å². The second-order valence-corrected chi connectivity index (χ2v) is 13.9. The number of rotatable bonds is 4. The molecule has 0 N–H and O–H groups in total. The molecular weight excluding hydrogens is 671 g/mol. The van der Waals surface area contributed by atoms with E-state index in [4.69, 9.17) is 6.57 Å². The normalized spacial score (nSPS) is 11.6. The van der Waals surface area contributed by atoms with Crippen LogP contribution in [0.25, 0.3) is 98.5 Å². The maximum absolute atomic E-state index is 10.4. The summed E-state index contributed by atoms with van der Waals surface area (Å²) < 4.78 is 6.93. The van der Waals surface area contributed by atoms with Gasteiger partial charge in [-0.3, -0.25) is 0 Å². The molecule has 0 atom stereocenters. The largest absolute Gasteiger partial charge is 0.310 e. The highest BCUT2D eigenvalue weighted by molar-refractivity contribution is 6.17. The van der Waals surface area contributed by atoms with E-state index in [0.717, 1.165) is 82.8 Å². The number of hydrogen-bond acceptors (Lipinski definition) is 1. The molecule has 0 amide bonds. The Labute approximate surface area is 316 Å². The number of hydrogen-bond donors (Lipinski definition) is 0. The fraction of sp³-hybridized carbons (Fsp3) is 0. The van der Waals surface area contributed by atoms with E-state index in [0.29, 0.717) is 11.3 Å². The molecule has 0 unspecified atom stereocenters. The summed E-state index contributed by atoms with van der Waals surface area (Å²) in [6.07, 6.45) is 0. The van der Waals surface area contributed by atoms with Crippen molar-refractivity contribution in [3.8, 4) is 34.3 Å². The predicted octanol–water partition coefficient (Wildman–Crippen LogP) is 13.1. The zero-order chi connectivity index (χ0) is 36.6. The summed E-state index contributed by atoms with van der Waals surface area (Å²) in [6.45, 7) is 8.50. The van der Waals surface area contributed by atoms with Gasteiger partial charge in [-0.05, 0) is 60.2 Å². The molecular formula is C50H29N5. The van der Waals surface area contributed by atoms with Crippen LogP contribution < -0.4 is 0 Å². The van der Waals surface area contributed by atoms with Gasteiger partial charge in [0.15, 0.2) is 5.69 Å². The first-order chi connectivity index (χ1) is 27.3. The Kier molecular flexibility index (Phi) is 6.61. The SMILES string of the molecule is [C-]#[N+]c1cccc(-n2c3ccccc3c3c(-n4c5ccccc5c5ccccc54)cccc32)c1-c1ccccc1-n1c2ccccc2c2cccc(C#N)c21. The van der Waals surface area contributed by atoms with Crippen molar-refractivity contribution in [1.82, 2.24) is 13.7 Å². The van der Waals surface area contributed by atoms with Crippen LogP contribution in [0.4, 0.5) is 5.69 Å². The second kappa shape index (κ2) is 11.8. The fourth-order valence-corrected chi connectivity index (χ4v) is 8.95. The zero-order valence-corrected chi connectivity index (χ0v) is 29.5. The summed E-state index contributed by atoms with van der Waals surface area (Å²) in [5.41, 5.74) is 12.1. The van der Waals surface area contributed by atoms with Gasteiger partial charge in [-0.15, -0.1) is 0 Å². The summed E-state index contributed by atoms with van der Waals surface area (Å²) in [5.74, 6) is 0. The van der Waals surface area contributed by atoms with Gasteiger partial charge in [-0.25, -0.2) is 4.85 Å². The van der Waals surface area contributed by atoms with Gasteiger partial charge in [0.05, 0.1) is 56.6 Å². The van der Waals surface area contributed by atoms with E-state index in [1.165, 1.54) is 10.8 Å². The Morgan fingerprint density at radius 3 is 1.58 bits per heavy atom. The van der Waals surface area contributed by atoms with E-state index in [2.05, 4.69) is 152 Å². The van der Waals surface area contributed by atoms with Crippen molar-refractivity contribution in [2.45, 2.75) is 0 Å². The van der Waals surface area contributed by atoms with Gasteiger partial charge in [0.2, 0.25) is 0 Å². The van der Waals surface area contributed by atoms with Crippen LogP contribution in [0.3, 0.4) is 0 Å². The Morgan fingerprint density at radius 2 is 0.891 bits per heavy atom. The van der Waals surface area contributed by atoms with E-state index >= 15 is 0 Å². The van der Waals surface area contributed by atoms with E-state index in [-0.39, 0.29) is 0 Å². The van der Waals surface area contributed by atoms with E-state index in [9.17, 15) is 5.26 Å². The minimum Gasteiger partial charge on any atom is -0.310 e. The molecule has 0 saturated heterocycles. The van der Waals surface area contributed by atoms with Crippen LogP contribution in [-0.4, -0.2) is 13.7 Å². The Morgan fingerprint density at radius 1 is 0.418 bits per heavy atom. The smallest absolute Gasteiger partial charge is 0.197 e. The molecule has 5 heteroatoms. The van der Waals surface area contributed by atoms with Gasteiger partial charge in [0.25, 0.3) is 0 Å². The monoisotopic (exact) mass is 699 g/mol. The summed E-state index contributed by atoms with van der Waals surface area (Å²) in [5, 5.41) is 17.2. The number of para-hydroxylation sites is 6. The third kappa shape index (κ3) is 4.27. The van der Waals surface area contributed by atoms with Crippen molar-refractivity contribution in [3.63, 3.8) is 0 Å². The lowest BCUT2D eigenvalue weighted by molar-refractivity contribution is 1.16. The van der Waals surface area contributed by atoms with E-state index in [1.807, 2.05) is 48.5 Å². The van der Waals surface area contributed by atoms with E-state index in [1.54, 1.807) is 0 Å². The van der Waals surface area contributed by atoms with Crippen molar-refractivity contribution in [2.75, 3.05) is 0 Å². The standard InChI is InChI=1S/C50H29N5/c1-52-39-22-13-28-45(48(39)37-19-5-11-27-44(37)55-42-25-9-4-18-35(42)36-21-12-15-32(31-51)50(36)55)54-43-26-10-6-20-38(43)49-46(29-14-30-47(49)54)53-40-23-7-2-16-33(40)34-17-3-8-24-41(34)53/h2-30H. The fourth-order valence-electron chi connectivity index (χ4n) is 8.95. The first-order valence-electron chi connectivity index (χ1n) is 18.3. The van der Waals surface area contributed by atoms with Gasteiger partial charge < -0.3 is 13.7 Å². The number of fused-ring (bicyclic) bond motifs is 9. The maximum atomic E-state index is 10.4. The first-order valence-corrected chi connectivity index (χ1v) is 18.3. The summed E-state index contributed by atoms with van der Waals surface area (Å²) in [7, 11) is 0. The molecule has 11 rings (SSSR count). The molecule has 3 aromatic heterocycles. The lowest BCUT2D eigenvalue weighted by Gasteiger charge is -2.20. The predicted molar refractivity (Wildman–Crippen MR) is 226 cm³/mol. The Bertz CT molecular complexity index is 3420. The Balaban J connectivity index is 1.25. The molecule has 55 heavy (non-hydrogen) atoms. The second-order valence-electron chi connectivity index (χ2n) is 13.9. The minimum absolute atomic E-state index is 0.552. The van der Waals surface area contributed by atoms with Gasteiger partial charge >= 0.3 is 0 Å². The van der Waals surface area contributed by atoms with Crippen molar-refractivity contribution < 1.29 is 0 Å². The van der Waals surface area contributed by atoms with Gasteiger partial charge in [0.1, 0.15) is 6.07 Å². The first kappa shape index (κ1) is 30.7. The average molecular weight is 700 g/mol. The molecule has 0 aliphatic heterocycles. The third-order valence-electron chi connectivity index (χ3n) is 11.1. The Hall–Kier alpha value is -7.86. The highest BCUT2D eigenvalue weighted by Crippen LogP contribution is 2.46. The molecule has 0 saturated carbocycles. The van der Waals surface area contributed by atoms with E-state index < -0.39 is 0 Å². The highest BCUT2D eigenvalue weighted by atomic mass is 15.0. The third-order valence-corrected chi connectivity index (χ3v) is 11.1. The quantitative estimate of drug-likeness (QED) is 0.169. The molecule has 8 aromatic carbocycles. The molecule has 0 bridgehead atoms. The lowest BCUT2D eigenvalue weighted by Crippen LogP contribution is -2.02. The number of aromatic nitrogens is 3. The van der Waals surface area contributed by atoms with Crippen molar-refractivity contribution in [1.29, 1.82) is 5.26 Å². The van der Waals surface area contributed by atoms with Crippen LogP contribution in [0, 0.1) is 17.9 Å². The van der Waals surface area contributed by atoms with Crippen LogP contribution in [0.2, 0.25) is 0 Å². The van der Waals surface area contributed by atoms with Crippen LogP contribution in [0.5, 0.6) is 0 Å². The van der Waals surface area contributed by atoms with Gasteiger partial charge in [-0.2, -0.15) is 5.26 Å². The van der Waals surface area contributed by atoms with Crippen molar-refractivity contribution in [2.24, 2.45) is 0 Å². The molecule has 3 heterocycles. The number of benzene rings is 8. The van der Waals surface area contributed by atoms with Crippen molar-refractivity contribution in [3.05, 3.63) is 193 Å². The number of nitriles is 1. The molecule has 11 aromatic rings. The summed E-state index contributed by atoms with van der Waals surface area (Å²) in [4.78, 5) is 4.16. The summed E-state index contributed by atoms with van der Waals surface area (Å²) >= 11 is 0. The van der Waals surface area contributed by atoms with Crippen molar-refractivity contribution >= 4 is 71.1 Å². The number of nitrogens with zero attached hydrogens (tertiary/aromatic N) is 5. The van der Waals surface area contributed by atoms with Crippen LogP contribution >= 0.6 is 0 Å². The molecule has 0 fully saturated rings. The molecule has 254 valence electrons. The van der Waals surface area contributed by atoms with Gasteiger partial charge in [-0.1, -0.05) is 121 Å². The molecule has 0 aliphatic carbocycles. The maximum Gasteiger partial charge on any atom is 0.197 e. The van der Waals surface area contributed by atoms with Crippen LogP contribution in [0.1, 0.15) is 5.56 Å². The van der Waals surface area contributed by atoms with Crippen LogP contribution in [-0.2, 0) is 0 Å². The molecule has 0 radical (unpaired) electrons. The highest BCUT2D eigenvalue weighted by Gasteiger charge is 2.24. The summed E-state index contributed by atoms with van der Waals surface area (Å²) in [6, 6.07) is 63.4. The molecule has 0 spiro atoms. The lowest BCUT2D eigenvalue weighted by atomic mass is 9.98. The minimum atomic E-state index is 0.552. The van der Waals surface area contributed by atoms with Gasteiger partial charge in [0, 0.05) is 43.6 Å². The topological polar surface area (TPSA) is 42.9 Å². The average Bonchev–Trinajstić information content (AvgIpc) is 3.89. The molecule has 0 aliphatic rings. The molecule has 5 nitrogen and oxygen atoms in total. The zero-order valence-electron chi connectivity index (χ0n) is 29.5.